The fraction of sp³-hybridized carbons (Fsp3) is 0.444. The Morgan fingerprint density at radius 3 is 2.96 bits per heavy atom. The summed E-state index contributed by atoms with van der Waals surface area (Å²) in [5, 5.41) is 14.5. The van der Waals surface area contributed by atoms with Crippen LogP contribution >= 0.6 is 11.3 Å². The minimum atomic E-state index is 0.252. The summed E-state index contributed by atoms with van der Waals surface area (Å²) in [6, 6.07) is 6.02. The average molecular weight is 370 g/mol. The molecule has 1 amide bonds. The van der Waals surface area contributed by atoms with E-state index in [1.54, 1.807) is 22.2 Å². The first-order valence-electron chi connectivity index (χ1n) is 8.93. The molecule has 3 aromatic heterocycles. The number of carbonyl (C=O) groups excluding carboxylic acids is 1. The molecule has 1 aliphatic heterocycles. The third-order valence-electron chi connectivity index (χ3n) is 4.85. The van der Waals surface area contributed by atoms with Gasteiger partial charge in [-0.15, -0.1) is 26.6 Å². The van der Waals surface area contributed by atoms with E-state index in [9.17, 15) is 4.79 Å². The summed E-state index contributed by atoms with van der Waals surface area (Å²) in [5.74, 6) is 1.16. The molecule has 4 heterocycles. The normalized spacial score (nSPS) is 15.4. The first kappa shape index (κ1) is 17.0. The molecule has 0 spiro atoms. The van der Waals surface area contributed by atoms with Crippen molar-refractivity contribution in [3.05, 3.63) is 40.3 Å². The number of anilines is 1. The third kappa shape index (κ3) is 3.55. The Balaban J connectivity index is 1.36. The van der Waals surface area contributed by atoms with E-state index >= 15 is 0 Å². The van der Waals surface area contributed by atoms with Crippen molar-refractivity contribution in [2.75, 3.05) is 31.1 Å². The number of amides is 1. The molecule has 0 N–H and O–H groups in total. The van der Waals surface area contributed by atoms with E-state index in [2.05, 4.69) is 38.6 Å². The van der Waals surface area contributed by atoms with E-state index in [0.717, 1.165) is 50.5 Å². The van der Waals surface area contributed by atoms with Gasteiger partial charge >= 0.3 is 0 Å². The molecule has 8 heteroatoms. The van der Waals surface area contributed by atoms with E-state index in [1.165, 1.54) is 10.4 Å². The lowest BCUT2D eigenvalue weighted by Crippen LogP contribution is -2.35. The van der Waals surface area contributed by atoms with Crippen LogP contribution in [0.5, 0.6) is 0 Å². The standard InChI is InChI=1S/C18H22N6OS/c1-14-7-12-26-15(14)3-6-18(25)23-9-2-8-22(10-11-23)17-5-4-16-20-19-13-24(16)21-17/h4-5,7,12-13H,2-3,6,8-11H2,1H3. The van der Waals surface area contributed by atoms with Crippen LogP contribution in [-0.2, 0) is 11.2 Å². The van der Waals surface area contributed by atoms with Crippen molar-refractivity contribution in [3.8, 4) is 0 Å². The van der Waals surface area contributed by atoms with Crippen LogP contribution in [0.1, 0.15) is 23.3 Å². The summed E-state index contributed by atoms with van der Waals surface area (Å²) in [7, 11) is 0. The quantitative estimate of drug-likeness (QED) is 0.704. The van der Waals surface area contributed by atoms with Crippen molar-refractivity contribution in [2.45, 2.75) is 26.2 Å². The molecule has 0 bridgehead atoms. The van der Waals surface area contributed by atoms with Gasteiger partial charge in [0.25, 0.3) is 0 Å². The third-order valence-corrected chi connectivity index (χ3v) is 5.94. The lowest BCUT2D eigenvalue weighted by atomic mass is 10.2. The van der Waals surface area contributed by atoms with Gasteiger partial charge in [0, 0.05) is 37.5 Å². The summed E-state index contributed by atoms with van der Waals surface area (Å²) >= 11 is 1.74. The Morgan fingerprint density at radius 1 is 1.19 bits per heavy atom. The molecule has 136 valence electrons. The van der Waals surface area contributed by atoms with Gasteiger partial charge in [-0.2, -0.15) is 4.52 Å². The Kier molecular flexibility index (Phi) is 4.83. The number of nitrogens with zero attached hydrogens (tertiary/aromatic N) is 6. The Labute approximate surface area is 156 Å². The van der Waals surface area contributed by atoms with Gasteiger partial charge in [0.1, 0.15) is 12.1 Å². The van der Waals surface area contributed by atoms with E-state index in [-0.39, 0.29) is 5.91 Å². The summed E-state index contributed by atoms with van der Waals surface area (Å²) < 4.78 is 1.69. The Hall–Kier alpha value is -2.48. The second kappa shape index (κ2) is 7.41. The molecule has 0 aromatic carbocycles. The topological polar surface area (TPSA) is 66.6 Å². The van der Waals surface area contributed by atoms with Crippen molar-refractivity contribution >= 4 is 28.7 Å². The number of rotatable bonds is 4. The number of hydrogen-bond donors (Lipinski definition) is 0. The SMILES string of the molecule is Cc1ccsc1CCC(=O)N1CCCN(c2ccc3nncn3n2)CC1. The molecule has 7 nitrogen and oxygen atoms in total. The van der Waals surface area contributed by atoms with Crippen molar-refractivity contribution in [1.82, 2.24) is 24.7 Å². The van der Waals surface area contributed by atoms with E-state index in [0.29, 0.717) is 6.42 Å². The van der Waals surface area contributed by atoms with E-state index in [4.69, 9.17) is 0 Å². The van der Waals surface area contributed by atoms with Crippen LogP contribution in [0.3, 0.4) is 0 Å². The molecule has 4 rings (SSSR count). The van der Waals surface area contributed by atoms with Gasteiger partial charge in [-0.1, -0.05) is 0 Å². The lowest BCUT2D eigenvalue weighted by Gasteiger charge is -2.22. The summed E-state index contributed by atoms with van der Waals surface area (Å²) in [4.78, 5) is 18.2. The van der Waals surface area contributed by atoms with E-state index < -0.39 is 0 Å². The van der Waals surface area contributed by atoms with Crippen molar-refractivity contribution in [2.24, 2.45) is 0 Å². The zero-order chi connectivity index (χ0) is 17.9. The molecular formula is C18H22N6OS. The number of hydrogen-bond acceptors (Lipinski definition) is 6. The van der Waals surface area contributed by atoms with Gasteiger partial charge in [-0.25, -0.2) is 0 Å². The zero-order valence-corrected chi connectivity index (χ0v) is 15.7. The number of thiophene rings is 1. The molecule has 1 aliphatic rings. The molecule has 0 unspecified atom stereocenters. The maximum Gasteiger partial charge on any atom is 0.222 e. The lowest BCUT2D eigenvalue weighted by molar-refractivity contribution is -0.130. The summed E-state index contributed by atoms with van der Waals surface area (Å²) in [6.07, 6.45) is 3.99. The van der Waals surface area contributed by atoms with Crippen LogP contribution in [0, 0.1) is 6.92 Å². The minimum absolute atomic E-state index is 0.252. The van der Waals surface area contributed by atoms with Gasteiger partial charge < -0.3 is 9.80 Å². The van der Waals surface area contributed by atoms with Crippen LogP contribution in [-0.4, -0.2) is 56.8 Å². The van der Waals surface area contributed by atoms with Crippen molar-refractivity contribution in [3.63, 3.8) is 0 Å². The van der Waals surface area contributed by atoms with Gasteiger partial charge in [0.15, 0.2) is 5.65 Å². The van der Waals surface area contributed by atoms with Crippen LogP contribution in [0.25, 0.3) is 5.65 Å². The first-order chi connectivity index (χ1) is 12.7. The van der Waals surface area contributed by atoms with Gasteiger partial charge in [0.05, 0.1) is 0 Å². The highest BCUT2D eigenvalue weighted by Crippen LogP contribution is 2.19. The highest BCUT2D eigenvalue weighted by atomic mass is 32.1. The van der Waals surface area contributed by atoms with Gasteiger partial charge in [0.2, 0.25) is 5.91 Å². The fourth-order valence-corrected chi connectivity index (χ4v) is 4.23. The van der Waals surface area contributed by atoms with Crippen LogP contribution in [0.2, 0.25) is 0 Å². The number of carbonyl (C=O) groups is 1. The van der Waals surface area contributed by atoms with Crippen LogP contribution in [0.15, 0.2) is 29.9 Å². The minimum Gasteiger partial charge on any atom is -0.353 e. The maximum absolute atomic E-state index is 12.6. The molecule has 0 radical (unpaired) electrons. The first-order valence-corrected chi connectivity index (χ1v) is 9.81. The largest absolute Gasteiger partial charge is 0.353 e. The Morgan fingerprint density at radius 2 is 2.12 bits per heavy atom. The van der Waals surface area contributed by atoms with Crippen molar-refractivity contribution in [1.29, 1.82) is 0 Å². The summed E-state index contributed by atoms with van der Waals surface area (Å²) in [6.45, 7) is 5.36. The van der Waals surface area contributed by atoms with Crippen LogP contribution < -0.4 is 4.90 Å². The number of fused-ring (bicyclic) bond motifs is 1. The fourth-order valence-electron chi connectivity index (χ4n) is 3.32. The maximum atomic E-state index is 12.6. The molecule has 0 atom stereocenters. The smallest absolute Gasteiger partial charge is 0.222 e. The monoisotopic (exact) mass is 370 g/mol. The molecular weight excluding hydrogens is 348 g/mol. The van der Waals surface area contributed by atoms with Gasteiger partial charge in [-0.05, 0) is 48.9 Å². The van der Waals surface area contributed by atoms with E-state index in [1.807, 2.05) is 17.0 Å². The summed E-state index contributed by atoms with van der Waals surface area (Å²) in [5.41, 5.74) is 2.03. The molecule has 0 aliphatic carbocycles. The second-order valence-electron chi connectivity index (χ2n) is 6.57. The highest BCUT2D eigenvalue weighted by Gasteiger charge is 2.20. The molecule has 3 aromatic rings. The Bertz CT molecular complexity index is 904. The van der Waals surface area contributed by atoms with Crippen molar-refractivity contribution < 1.29 is 4.79 Å². The number of aryl methyl sites for hydroxylation is 2. The predicted molar refractivity (Wildman–Crippen MR) is 102 cm³/mol. The second-order valence-corrected chi connectivity index (χ2v) is 7.57. The van der Waals surface area contributed by atoms with Gasteiger partial charge in [-0.3, -0.25) is 4.79 Å². The molecule has 1 fully saturated rings. The highest BCUT2D eigenvalue weighted by molar-refractivity contribution is 7.10. The van der Waals surface area contributed by atoms with Crippen LogP contribution in [0.4, 0.5) is 5.82 Å². The zero-order valence-electron chi connectivity index (χ0n) is 14.8. The average Bonchev–Trinajstić information content (AvgIpc) is 3.20. The number of aromatic nitrogens is 4. The molecule has 0 saturated carbocycles. The predicted octanol–water partition coefficient (Wildman–Crippen LogP) is 2.17. The molecule has 1 saturated heterocycles. The molecule has 26 heavy (non-hydrogen) atoms.